The molecule has 4 amide bonds. The summed E-state index contributed by atoms with van der Waals surface area (Å²) in [7, 11) is 2.43. The molecule has 9 atom stereocenters. The van der Waals surface area contributed by atoms with Gasteiger partial charge in [0.15, 0.2) is 11.0 Å². The molecule has 18 nitrogen and oxygen atoms in total. The van der Waals surface area contributed by atoms with E-state index in [1.54, 1.807) is 38.5 Å². The standard InChI is InChI=1S/C42H62ClN5O13S3/c1-23-12-11-13-31(58-10)42(54)22-29(59-39(53)45-42)25(3)36-41(7,61-36)32(21-34(50)48(9)28-20-27(18-23)19-24(2)35(28)43)60-38(52)26(4)47(8)33(49)14-16-40(5,6)63-62-17-15-30(37(51)46-44)64(55,56)57/h11-13,19-20,25-26,29-32,36,54H,14-18,21-22,44H2,1-10H3,(H,45,53)(H,46,51)(H,55,56,57)/b13-11+,23-12+/t25?,26-,29?,30?,31?,32?,36+,41+,42?/m0/s1. The van der Waals surface area contributed by atoms with Crippen molar-refractivity contribution in [2.75, 3.05) is 31.9 Å². The molecule has 6 N–H and O–H groups in total. The highest BCUT2D eigenvalue weighted by Crippen LogP contribution is 2.49. The van der Waals surface area contributed by atoms with Crippen LogP contribution < -0.4 is 21.5 Å². The summed E-state index contributed by atoms with van der Waals surface area (Å²) in [5.74, 6) is 2.02. The summed E-state index contributed by atoms with van der Waals surface area (Å²) in [4.78, 5) is 69.2. The Bertz CT molecular complexity index is 2110. The van der Waals surface area contributed by atoms with Crippen molar-refractivity contribution in [1.82, 2.24) is 15.6 Å². The number of carbonyl (C=O) groups is 5. The highest BCUT2D eigenvalue weighted by Gasteiger charge is 2.64. The molecule has 4 bridgehead atoms. The Hall–Kier alpha value is -3.41. The fourth-order valence-electron chi connectivity index (χ4n) is 7.75. The molecule has 3 aliphatic heterocycles. The van der Waals surface area contributed by atoms with Gasteiger partial charge in [0.1, 0.15) is 30.0 Å². The van der Waals surface area contributed by atoms with Crippen molar-refractivity contribution in [3.8, 4) is 0 Å². The molecule has 0 radical (unpaired) electrons. The molecule has 6 unspecified atom stereocenters. The highest BCUT2D eigenvalue weighted by atomic mass is 35.5. The molecule has 4 rings (SSSR count). The number of nitrogens with one attached hydrogen (secondary N) is 2. The SMILES string of the molecule is COC1/C=C/C=C(\C)Cc2cc(C)c(Cl)c(c2)N(C)C(=O)CC(OC(=O)[C@H](C)N(C)C(=O)CCC(C)(C)SSCCC(C(=O)NN)S(=O)(=O)O)[C@@]2(C)O[C@@H]2C(C)C2CC1(O)NC(=O)O2. The molecule has 0 aliphatic carbocycles. The van der Waals surface area contributed by atoms with Gasteiger partial charge in [-0.1, -0.05) is 70.0 Å². The summed E-state index contributed by atoms with van der Waals surface area (Å²) in [6.07, 6.45) is 0.878. The number of hydrogen-bond acceptors (Lipinski definition) is 15. The minimum Gasteiger partial charge on any atom is -0.457 e. The van der Waals surface area contributed by atoms with Crippen LogP contribution in [0, 0.1) is 12.8 Å². The number of hydrogen-bond donors (Lipinski definition) is 5. The number of nitrogens with zero attached hydrogens (tertiary/aromatic N) is 2. The first-order valence-electron chi connectivity index (χ1n) is 20.7. The van der Waals surface area contributed by atoms with Crippen LogP contribution in [0.3, 0.4) is 0 Å². The normalized spacial score (nSPS) is 28.9. The second kappa shape index (κ2) is 21.5. The number of ether oxygens (including phenoxy) is 4. The molecule has 1 aromatic rings. The number of anilines is 1. The number of halogens is 1. The molecular formula is C42H62ClN5O13S3. The maximum absolute atomic E-state index is 14.2. The molecule has 64 heavy (non-hydrogen) atoms. The van der Waals surface area contributed by atoms with E-state index in [1.165, 1.54) is 52.5 Å². The quantitative estimate of drug-likeness (QED) is 0.0253. The van der Waals surface area contributed by atoms with Crippen LogP contribution in [0.1, 0.15) is 84.8 Å². The first-order chi connectivity index (χ1) is 29.7. The third-order valence-electron chi connectivity index (χ3n) is 12.0. The van der Waals surface area contributed by atoms with Gasteiger partial charge >= 0.3 is 12.1 Å². The van der Waals surface area contributed by atoms with Gasteiger partial charge in [0, 0.05) is 50.5 Å². The van der Waals surface area contributed by atoms with Crippen LogP contribution >= 0.6 is 33.2 Å². The Balaban J connectivity index is 1.55. The Morgan fingerprint density at radius 1 is 1.23 bits per heavy atom. The Morgan fingerprint density at radius 3 is 2.53 bits per heavy atom. The van der Waals surface area contributed by atoms with E-state index in [0.717, 1.165) is 16.7 Å². The highest BCUT2D eigenvalue weighted by molar-refractivity contribution is 8.77. The van der Waals surface area contributed by atoms with Crippen LogP contribution in [0.4, 0.5) is 10.5 Å². The number of hydrazine groups is 1. The minimum absolute atomic E-state index is 0.0284. The second-order valence-electron chi connectivity index (χ2n) is 17.5. The van der Waals surface area contributed by atoms with E-state index in [-0.39, 0.29) is 37.3 Å². The average molecular weight is 977 g/mol. The molecule has 0 aromatic heterocycles. The smallest absolute Gasteiger partial charge is 0.409 e. The molecule has 3 heterocycles. The lowest BCUT2D eigenvalue weighted by Crippen LogP contribution is -2.63. The topological polar surface area (TPSA) is 257 Å². The van der Waals surface area contributed by atoms with Gasteiger partial charge in [-0.25, -0.2) is 15.4 Å². The van der Waals surface area contributed by atoms with Gasteiger partial charge in [-0.15, -0.1) is 0 Å². The zero-order valence-electron chi connectivity index (χ0n) is 37.8. The Labute approximate surface area is 388 Å². The van der Waals surface area contributed by atoms with E-state index in [9.17, 15) is 42.0 Å². The number of carbonyl (C=O) groups excluding carboxylic acids is 5. The second-order valence-corrected chi connectivity index (χ2v) is 22.6. The molecule has 2 fully saturated rings. The van der Waals surface area contributed by atoms with Crippen molar-refractivity contribution in [3.63, 3.8) is 0 Å². The summed E-state index contributed by atoms with van der Waals surface area (Å²) in [5, 5.41) is 13.0. The summed E-state index contributed by atoms with van der Waals surface area (Å²) < 4.78 is 55.9. The molecular weight excluding hydrogens is 914 g/mol. The number of rotatable bonds is 14. The predicted molar refractivity (Wildman–Crippen MR) is 245 cm³/mol. The lowest BCUT2D eigenvalue weighted by atomic mass is 9.83. The first kappa shape index (κ1) is 53.2. The zero-order valence-corrected chi connectivity index (χ0v) is 41.0. The number of benzene rings is 1. The van der Waals surface area contributed by atoms with Crippen LogP contribution in [0.25, 0.3) is 0 Å². The molecule has 358 valence electrons. The van der Waals surface area contributed by atoms with Crippen molar-refractivity contribution < 1.29 is 61.0 Å². The van der Waals surface area contributed by atoms with Crippen LogP contribution in [0.2, 0.25) is 5.02 Å². The summed E-state index contributed by atoms with van der Waals surface area (Å²) in [6, 6.07) is 2.65. The van der Waals surface area contributed by atoms with Gasteiger partial charge in [-0.3, -0.25) is 29.7 Å². The van der Waals surface area contributed by atoms with Crippen LogP contribution in [0.15, 0.2) is 35.9 Å². The number of fused-ring (bicyclic) bond motifs is 5. The number of methoxy groups -OCH3 is 1. The molecule has 2 saturated heterocycles. The van der Waals surface area contributed by atoms with Crippen molar-refractivity contribution >= 4 is 78.8 Å². The maximum atomic E-state index is 14.2. The van der Waals surface area contributed by atoms with Crippen LogP contribution in [-0.2, 0) is 54.7 Å². The lowest BCUT2D eigenvalue weighted by Gasteiger charge is -2.42. The molecule has 3 aliphatic rings. The number of nitrogens with two attached hydrogens (primary N) is 1. The predicted octanol–water partition coefficient (Wildman–Crippen LogP) is 4.39. The first-order valence-corrected chi connectivity index (χ1v) is 24.9. The number of epoxide rings is 1. The largest absolute Gasteiger partial charge is 0.457 e. The van der Waals surface area contributed by atoms with Crippen molar-refractivity contribution in [2.24, 2.45) is 11.8 Å². The van der Waals surface area contributed by atoms with E-state index in [1.807, 2.05) is 45.9 Å². The number of amides is 4. The monoisotopic (exact) mass is 975 g/mol. The average Bonchev–Trinajstić information content (AvgIpc) is 3.91. The lowest BCUT2D eigenvalue weighted by molar-refractivity contribution is -0.162. The minimum atomic E-state index is -4.67. The van der Waals surface area contributed by atoms with Gasteiger partial charge < -0.3 is 33.9 Å². The van der Waals surface area contributed by atoms with Crippen LogP contribution in [-0.4, -0.2) is 131 Å². The van der Waals surface area contributed by atoms with Crippen molar-refractivity contribution in [1.29, 1.82) is 0 Å². The van der Waals surface area contributed by atoms with E-state index < -0.39 is 91.7 Å². The van der Waals surface area contributed by atoms with Gasteiger partial charge in [0.05, 0.1) is 23.2 Å². The number of aliphatic hydroxyl groups is 1. The van der Waals surface area contributed by atoms with Crippen molar-refractivity contribution in [3.05, 3.63) is 52.1 Å². The number of aryl methyl sites for hydroxylation is 1. The fraction of sp³-hybridized carbons (Fsp3) is 0.643. The number of alkyl carbamates (subject to hydrolysis) is 1. The van der Waals surface area contributed by atoms with E-state index >= 15 is 0 Å². The van der Waals surface area contributed by atoms with Gasteiger partial charge in [-0.05, 0) is 78.0 Å². The maximum Gasteiger partial charge on any atom is 0.409 e. The number of esters is 1. The molecule has 0 saturated carbocycles. The Kier molecular flexibility index (Phi) is 17.9. The Morgan fingerprint density at radius 2 is 1.91 bits per heavy atom. The van der Waals surface area contributed by atoms with Gasteiger partial charge in [0.25, 0.3) is 16.0 Å². The van der Waals surface area contributed by atoms with Crippen LogP contribution in [0.5, 0.6) is 0 Å². The van der Waals surface area contributed by atoms with Gasteiger partial charge in [-0.2, -0.15) is 8.42 Å². The van der Waals surface area contributed by atoms with E-state index in [4.69, 9.17) is 36.4 Å². The molecule has 1 aromatic carbocycles. The summed E-state index contributed by atoms with van der Waals surface area (Å²) in [5.41, 5.74) is 1.62. The summed E-state index contributed by atoms with van der Waals surface area (Å²) >= 11 is 6.80. The van der Waals surface area contributed by atoms with E-state index in [2.05, 4.69) is 5.32 Å². The third kappa shape index (κ3) is 13.1. The number of likely N-dealkylation sites (N-methyl/N-ethyl adjacent to an activating group) is 1. The van der Waals surface area contributed by atoms with Gasteiger partial charge in [0.2, 0.25) is 11.8 Å². The summed E-state index contributed by atoms with van der Waals surface area (Å²) in [6.45, 7) is 12.5. The zero-order chi connectivity index (χ0) is 48.1. The third-order valence-corrected chi connectivity index (χ3v) is 17.0. The molecule has 0 spiro atoms. The molecule has 22 heteroatoms. The number of allylic oxidation sites excluding steroid dienone is 3. The fourth-order valence-corrected chi connectivity index (χ4v) is 11.6. The van der Waals surface area contributed by atoms with Crippen molar-refractivity contribution in [2.45, 2.75) is 139 Å². The van der Waals surface area contributed by atoms with E-state index in [0.29, 0.717) is 23.6 Å².